The van der Waals surface area contributed by atoms with Gasteiger partial charge in [0.15, 0.2) is 0 Å². The van der Waals surface area contributed by atoms with Gasteiger partial charge in [-0.15, -0.1) is 0 Å². The van der Waals surface area contributed by atoms with E-state index in [1.165, 1.54) is 16.8 Å². The molecule has 20 heavy (non-hydrogen) atoms. The molecular formula is C17H21BrN2. The van der Waals surface area contributed by atoms with Crippen LogP contribution in [0.5, 0.6) is 0 Å². The first-order chi connectivity index (χ1) is 9.60. The van der Waals surface area contributed by atoms with Crippen molar-refractivity contribution in [2.75, 3.05) is 25.5 Å². The largest absolute Gasteiger partial charge is 0.378 e. The molecule has 0 spiro atoms. The molecule has 0 bridgehead atoms. The molecule has 2 N–H and O–H groups in total. The molecule has 0 aliphatic heterocycles. The Bertz CT molecular complexity index is 549. The van der Waals surface area contributed by atoms with Gasteiger partial charge in [0, 0.05) is 30.2 Å². The molecule has 0 aromatic heterocycles. The molecule has 0 saturated carbocycles. The second kappa shape index (κ2) is 6.91. The number of hydrogen-bond donors (Lipinski definition) is 1. The Kier molecular flexibility index (Phi) is 5.21. The van der Waals surface area contributed by atoms with E-state index in [2.05, 4.69) is 83.5 Å². The molecule has 2 aromatic carbocycles. The smallest absolute Gasteiger partial charge is 0.0363 e. The lowest BCUT2D eigenvalue weighted by Crippen LogP contribution is -2.16. The van der Waals surface area contributed by atoms with Crippen LogP contribution in [-0.4, -0.2) is 20.6 Å². The first kappa shape index (κ1) is 15.1. The van der Waals surface area contributed by atoms with Gasteiger partial charge in [0.25, 0.3) is 0 Å². The zero-order valence-corrected chi connectivity index (χ0v) is 13.6. The maximum atomic E-state index is 5.99. The van der Waals surface area contributed by atoms with Crippen molar-refractivity contribution in [3.8, 4) is 0 Å². The third kappa shape index (κ3) is 3.84. The molecular weight excluding hydrogens is 312 g/mol. The molecule has 0 fully saturated rings. The highest BCUT2D eigenvalue weighted by atomic mass is 79.9. The summed E-state index contributed by atoms with van der Waals surface area (Å²) in [5.41, 5.74) is 9.83. The summed E-state index contributed by atoms with van der Waals surface area (Å²) in [7, 11) is 4.12. The van der Waals surface area contributed by atoms with E-state index in [0.29, 0.717) is 12.5 Å². The molecule has 0 saturated heterocycles. The number of hydrogen-bond acceptors (Lipinski definition) is 2. The maximum absolute atomic E-state index is 5.99. The monoisotopic (exact) mass is 332 g/mol. The minimum Gasteiger partial charge on any atom is -0.378 e. The Morgan fingerprint density at radius 1 is 1.10 bits per heavy atom. The highest BCUT2D eigenvalue weighted by Gasteiger charge is 2.11. The van der Waals surface area contributed by atoms with E-state index in [-0.39, 0.29) is 0 Å². The second-order valence-corrected chi connectivity index (χ2v) is 6.17. The average molecular weight is 333 g/mol. The summed E-state index contributed by atoms with van der Waals surface area (Å²) in [6.45, 7) is 0.660. The van der Waals surface area contributed by atoms with Gasteiger partial charge in [0.05, 0.1) is 0 Å². The van der Waals surface area contributed by atoms with Gasteiger partial charge < -0.3 is 10.6 Å². The average Bonchev–Trinajstić information content (AvgIpc) is 2.46. The first-order valence-electron chi connectivity index (χ1n) is 6.82. The summed E-state index contributed by atoms with van der Waals surface area (Å²) in [5.74, 6) is 0.357. The summed E-state index contributed by atoms with van der Waals surface area (Å²) < 4.78 is 1.11. The summed E-state index contributed by atoms with van der Waals surface area (Å²) >= 11 is 3.47. The van der Waals surface area contributed by atoms with Crippen molar-refractivity contribution in [3.63, 3.8) is 0 Å². The number of halogens is 1. The van der Waals surface area contributed by atoms with Crippen molar-refractivity contribution in [1.82, 2.24) is 0 Å². The molecule has 0 aliphatic carbocycles. The molecule has 0 radical (unpaired) electrons. The zero-order chi connectivity index (χ0) is 14.5. The molecule has 0 aliphatic rings. The summed E-state index contributed by atoms with van der Waals surface area (Å²) in [5, 5.41) is 0. The Morgan fingerprint density at radius 2 is 1.80 bits per heavy atom. The lowest BCUT2D eigenvalue weighted by Gasteiger charge is -2.19. The summed E-state index contributed by atoms with van der Waals surface area (Å²) in [4.78, 5) is 2.12. The quantitative estimate of drug-likeness (QED) is 0.902. The number of rotatable bonds is 5. The van der Waals surface area contributed by atoms with Gasteiger partial charge in [0.1, 0.15) is 0 Å². The topological polar surface area (TPSA) is 29.3 Å². The zero-order valence-electron chi connectivity index (χ0n) is 12.0. The molecule has 1 unspecified atom stereocenters. The summed E-state index contributed by atoms with van der Waals surface area (Å²) in [6, 6.07) is 17.1. The van der Waals surface area contributed by atoms with Crippen LogP contribution in [0.15, 0.2) is 53.0 Å². The van der Waals surface area contributed by atoms with E-state index in [1.54, 1.807) is 0 Å². The van der Waals surface area contributed by atoms with E-state index >= 15 is 0 Å². The molecule has 3 heteroatoms. The van der Waals surface area contributed by atoms with Crippen molar-refractivity contribution in [1.29, 1.82) is 0 Å². The standard InChI is InChI=1S/C17H21BrN2/c1-20(2)17-5-3-4-14(11-17)15(12-19)10-13-6-8-16(18)9-7-13/h3-9,11,15H,10,12,19H2,1-2H3. The van der Waals surface area contributed by atoms with Gasteiger partial charge in [-0.1, -0.05) is 40.2 Å². The Hall–Kier alpha value is -1.32. The molecule has 1 atom stereocenters. The van der Waals surface area contributed by atoms with Gasteiger partial charge >= 0.3 is 0 Å². The van der Waals surface area contributed by atoms with Crippen LogP contribution in [0.1, 0.15) is 17.0 Å². The fourth-order valence-electron chi connectivity index (χ4n) is 2.30. The molecule has 106 valence electrons. The van der Waals surface area contributed by atoms with Crippen molar-refractivity contribution in [2.45, 2.75) is 12.3 Å². The van der Waals surface area contributed by atoms with Crippen molar-refractivity contribution in [3.05, 3.63) is 64.1 Å². The highest BCUT2D eigenvalue weighted by Crippen LogP contribution is 2.24. The van der Waals surface area contributed by atoms with E-state index in [0.717, 1.165) is 10.9 Å². The van der Waals surface area contributed by atoms with Crippen LogP contribution in [0.3, 0.4) is 0 Å². The van der Waals surface area contributed by atoms with Gasteiger partial charge in [-0.25, -0.2) is 0 Å². The van der Waals surface area contributed by atoms with Crippen LogP contribution in [0, 0.1) is 0 Å². The fraction of sp³-hybridized carbons (Fsp3) is 0.294. The minimum atomic E-state index is 0.357. The third-order valence-electron chi connectivity index (χ3n) is 3.54. The first-order valence-corrected chi connectivity index (χ1v) is 7.61. The Labute approximate surface area is 129 Å². The van der Waals surface area contributed by atoms with Crippen LogP contribution in [0.25, 0.3) is 0 Å². The van der Waals surface area contributed by atoms with Crippen LogP contribution in [0.2, 0.25) is 0 Å². The number of nitrogens with two attached hydrogens (primary N) is 1. The lowest BCUT2D eigenvalue weighted by molar-refractivity contribution is 0.694. The molecule has 0 heterocycles. The number of anilines is 1. The van der Waals surface area contributed by atoms with E-state index in [1.807, 2.05) is 0 Å². The van der Waals surface area contributed by atoms with E-state index < -0.39 is 0 Å². The van der Waals surface area contributed by atoms with Crippen molar-refractivity contribution < 1.29 is 0 Å². The molecule has 2 aromatic rings. The van der Waals surface area contributed by atoms with Crippen molar-refractivity contribution >= 4 is 21.6 Å². The maximum Gasteiger partial charge on any atom is 0.0363 e. The van der Waals surface area contributed by atoms with Gasteiger partial charge in [-0.3, -0.25) is 0 Å². The normalized spacial score (nSPS) is 12.2. The van der Waals surface area contributed by atoms with Gasteiger partial charge in [-0.2, -0.15) is 0 Å². The molecule has 2 nitrogen and oxygen atoms in total. The summed E-state index contributed by atoms with van der Waals surface area (Å²) in [6.07, 6.45) is 0.973. The number of benzene rings is 2. The Morgan fingerprint density at radius 3 is 2.40 bits per heavy atom. The second-order valence-electron chi connectivity index (χ2n) is 5.25. The predicted molar refractivity (Wildman–Crippen MR) is 90.4 cm³/mol. The van der Waals surface area contributed by atoms with Crippen molar-refractivity contribution in [2.24, 2.45) is 5.73 Å². The van der Waals surface area contributed by atoms with E-state index in [9.17, 15) is 0 Å². The Balaban J connectivity index is 2.19. The SMILES string of the molecule is CN(C)c1cccc(C(CN)Cc2ccc(Br)cc2)c1. The molecule has 0 amide bonds. The number of nitrogens with zero attached hydrogens (tertiary/aromatic N) is 1. The van der Waals surface area contributed by atoms with Crippen LogP contribution in [0.4, 0.5) is 5.69 Å². The van der Waals surface area contributed by atoms with Crippen LogP contribution >= 0.6 is 15.9 Å². The fourth-order valence-corrected chi connectivity index (χ4v) is 2.56. The highest BCUT2D eigenvalue weighted by molar-refractivity contribution is 9.10. The predicted octanol–water partition coefficient (Wildman–Crippen LogP) is 3.80. The van der Waals surface area contributed by atoms with Crippen LogP contribution < -0.4 is 10.6 Å². The van der Waals surface area contributed by atoms with Gasteiger partial charge in [0.2, 0.25) is 0 Å². The molecule has 2 rings (SSSR count). The van der Waals surface area contributed by atoms with Gasteiger partial charge in [-0.05, 0) is 48.4 Å². The van der Waals surface area contributed by atoms with Crippen LogP contribution in [-0.2, 0) is 6.42 Å². The lowest BCUT2D eigenvalue weighted by atomic mass is 9.92. The van der Waals surface area contributed by atoms with E-state index in [4.69, 9.17) is 5.73 Å². The third-order valence-corrected chi connectivity index (χ3v) is 4.07. The minimum absolute atomic E-state index is 0.357.